The molecule has 0 atom stereocenters. The van der Waals surface area contributed by atoms with Crippen LogP contribution in [0.15, 0.2) is 16.6 Å². The smallest absolute Gasteiger partial charge is 0 e. The quantitative estimate of drug-likeness (QED) is 0.456. The summed E-state index contributed by atoms with van der Waals surface area (Å²) in [5, 5.41) is 0. The van der Waals surface area contributed by atoms with Crippen LogP contribution in [0.3, 0.4) is 0 Å². The Morgan fingerprint density at radius 2 is 1.50 bits per heavy atom. The Balaban J connectivity index is -0.000000162. The zero-order valence-corrected chi connectivity index (χ0v) is 13.3. The second-order valence-electron chi connectivity index (χ2n) is 2.35. The summed E-state index contributed by atoms with van der Waals surface area (Å²) in [4.78, 5) is 10.6. The summed E-state index contributed by atoms with van der Waals surface area (Å²) in [6.07, 6.45) is 0.745. The van der Waals surface area contributed by atoms with Crippen molar-refractivity contribution in [1.29, 1.82) is 0 Å². The number of carbonyl (C=O) groups excluding carboxylic acids is 1. The first-order valence-electron chi connectivity index (χ1n) is 4.21. The minimum atomic E-state index is 0. The molecule has 0 heterocycles. The predicted octanol–water partition coefficient (Wildman–Crippen LogP) is 2.16. The van der Waals surface area contributed by atoms with E-state index in [-0.39, 0.29) is 17.4 Å². The average molecular weight is 381 g/mol. The molecule has 0 saturated heterocycles. The van der Waals surface area contributed by atoms with E-state index in [1.165, 1.54) is 14.2 Å². The number of rotatable bonds is 3. The Bertz CT molecular complexity index is 427. The number of ether oxygens (including phenoxy) is 2. The maximum absolute atomic E-state index is 10.6. The van der Waals surface area contributed by atoms with E-state index in [2.05, 4.69) is 35.9 Å². The normalized spacial score (nSPS) is 6.45. The van der Waals surface area contributed by atoms with Crippen molar-refractivity contribution >= 4 is 22.2 Å². The first-order chi connectivity index (χ1) is 9.22. The van der Waals surface area contributed by atoms with Crippen molar-refractivity contribution in [3.63, 3.8) is 0 Å². The van der Waals surface area contributed by atoms with Crippen LogP contribution in [0, 0.1) is 20.0 Å². The van der Waals surface area contributed by atoms with Gasteiger partial charge in [-0.2, -0.15) is 0 Å². The molecule has 1 aromatic carbocycles. The summed E-state index contributed by atoms with van der Waals surface area (Å²) < 4.78 is 33.2. The molecule has 106 valence electrons. The second kappa shape index (κ2) is 20.0. The fourth-order valence-electron chi connectivity index (χ4n) is 0.945. The van der Waals surface area contributed by atoms with Crippen LogP contribution in [0.5, 0.6) is 11.5 Å². The predicted molar refractivity (Wildman–Crippen MR) is 64.4 cm³/mol. The summed E-state index contributed by atoms with van der Waals surface area (Å²) in [5.41, 5.74) is 0.510. The van der Waals surface area contributed by atoms with Crippen LogP contribution in [0.1, 0.15) is 10.4 Å². The third-order valence-electron chi connectivity index (χ3n) is 1.62. The van der Waals surface area contributed by atoms with Crippen molar-refractivity contribution in [1.82, 2.24) is 0 Å². The van der Waals surface area contributed by atoms with Crippen LogP contribution in [0.25, 0.3) is 0 Å². The maximum atomic E-state index is 10.6. The standard InChI is InChI=1S/C9H9BrO3.3CO.Cr/c1-12-7-3-6(5-11)9(10)8(4-7)13-2;3*1-2;/h3-5H,1-2H3;;;;. The fraction of sp³-hybridized carbons (Fsp3) is 0.167. The number of aldehydes is 1. The molecule has 0 fully saturated rings. The molecule has 20 heavy (non-hydrogen) atoms. The van der Waals surface area contributed by atoms with Crippen LogP contribution in [0.2, 0.25) is 0 Å². The molecule has 0 aliphatic heterocycles. The molecule has 0 spiro atoms. The maximum Gasteiger partial charge on any atom is 0 e. The topological polar surface area (TPSA) is 95.2 Å². The number of carbonyl (C=O) groups is 1. The van der Waals surface area contributed by atoms with Gasteiger partial charge in [0.1, 0.15) is 11.5 Å². The number of hydrogen-bond donors (Lipinski definition) is 0. The van der Waals surface area contributed by atoms with Gasteiger partial charge < -0.3 is 9.47 Å². The molecule has 0 N–H and O–H groups in total. The van der Waals surface area contributed by atoms with E-state index in [1.807, 2.05) is 0 Å². The van der Waals surface area contributed by atoms with Gasteiger partial charge in [-0.3, -0.25) is 4.79 Å². The van der Waals surface area contributed by atoms with Crippen LogP contribution >= 0.6 is 15.9 Å². The molecule has 1 aromatic rings. The van der Waals surface area contributed by atoms with Crippen molar-refractivity contribution in [2.75, 3.05) is 14.2 Å². The van der Waals surface area contributed by atoms with E-state index in [0.717, 1.165) is 6.29 Å². The van der Waals surface area contributed by atoms with Crippen LogP contribution in [-0.2, 0) is 31.3 Å². The minimum absolute atomic E-state index is 0. The van der Waals surface area contributed by atoms with Gasteiger partial charge in [0, 0.05) is 29.0 Å². The van der Waals surface area contributed by atoms with Gasteiger partial charge in [0.05, 0.1) is 18.7 Å². The van der Waals surface area contributed by atoms with Crippen molar-refractivity contribution in [3.05, 3.63) is 42.1 Å². The fourth-order valence-corrected chi connectivity index (χ4v) is 1.43. The number of hydrogen-bond acceptors (Lipinski definition) is 3. The third kappa shape index (κ3) is 9.63. The summed E-state index contributed by atoms with van der Waals surface area (Å²) in [5.74, 6) is 1.18. The third-order valence-corrected chi connectivity index (χ3v) is 2.47. The SMILES string of the molecule is COc1cc(C=O)c(Br)c(OC)c1.[C-]#[O+].[C-]#[O+].[C-]#[O+].[Cr]. The van der Waals surface area contributed by atoms with Crippen LogP contribution in [-0.4, -0.2) is 20.5 Å². The molecule has 6 nitrogen and oxygen atoms in total. The zero-order valence-electron chi connectivity index (χ0n) is 10.5. The molecule has 0 aromatic heterocycles. The first-order valence-corrected chi connectivity index (χ1v) is 5.00. The molecule has 0 unspecified atom stereocenters. The largest absolute Gasteiger partial charge is 0 e. The van der Waals surface area contributed by atoms with Gasteiger partial charge in [0.2, 0.25) is 0 Å². The molecule has 0 saturated carbocycles. The molecule has 0 aliphatic rings. The van der Waals surface area contributed by atoms with E-state index in [4.69, 9.17) is 23.4 Å². The van der Waals surface area contributed by atoms with Crippen molar-refractivity contribution in [3.8, 4) is 11.5 Å². The van der Waals surface area contributed by atoms with Crippen LogP contribution < -0.4 is 9.47 Å². The van der Waals surface area contributed by atoms with E-state index in [1.54, 1.807) is 12.1 Å². The number of benzene rings is 1. The van der Waals surface area contributed by atoms with Gasteiger partial charge in [0.15, 0.2) is 6.29 Å². The molecule has 8 heteroatoms. The van der Waals surface area contributed by atoms with E-state index >= 15 is 0 Å². The molecule has 0 radical (unpaired) electrons. The van der Waals surface area contributed by atoms with Crippen molar-refractivity contribution < 1.29 is 45.6 Å². The Kier molecular flexibility index (Phi) is 27.2. The second-order valence-corrected chi connectivity index (χ2v) is 3.14. The van der Waals surface area contributed by atoms with Gasteiger partial charge in [-0.05, 0) is 22.0 Å². The Hall–Kier alpha value is -1.28. The molecular formula is C12H9BrCrO6. The van der Waals surface area contributed by atoms with Crippen LogP contribution in [0.4, 0.5) is 0 Å². The number of halogens is 1. The van der Waals surface area contributed by atoms with E-state index < -0.39 is 0 Å². The van der Waals surface area contributed by atoms with E-state index in [9.17, 15) is 4.79 Å². The van der Waals surface area contributed by atoms with Crippen molar-refractivity contribution in [2.24, 2.45) is 0 Å². The molecular weight excluding hydrogens is 372 g/mol. The van der Waals surface area contributed by atoms with Crippen molar-refractivity contribution in [2.45, 2.75) is 0 Å². The Labute approximate surface area is 135 Å². The molecule has 0 aliphatic carbocycles. The van der Waals surface area contributed by atoms with Gasteiger partial charge in [-0.15, -0.1) is 0 Å². The monoisotopic (exact) mass is 380 g/mol. The van der Waals surface area contributed by atoms with E-state index in [0.29, 0.717) is 21.5 Å². The summed E-state index contributed by atoms with van der Waals surface area (Å²) in [6.45, 7) is 13.5. The van der Waals surface area contributed by atoms with Gasteiger partial charge in [-0.1, -0.05) is 0 Å². The summed E-state index contributed by atoms with van der Waals surface area (Å²) in [6, 6.07) is 3.34. The van der Waals surface area contributed by atoms with Gasteiger partial charge >= 0.3 is 33.9 Å². The summed E-state index contributed by atoms with van der Waals surface area (Å²) >= 11 is 3.25. The van der Waals surface area contributed by atoms with Gasteiger partial charge in [-0.25, -0.2) is 0 Å². The minimum Gasteiger partial charge on any atom is 0 e. The molecule has 1 rings (SSSR count). The zero-order chi connectivity index (χ0) is 15.8. The molecule has 0 bridgehead atoms. The number of methoxy groups -OCH3 is 2. The Morgan fingerprint density at radius 1 is 1.05 bits per heavy atom. The van der Waals surface area contributed by atoms with Gasteiger partial charge in [0.25, 0.3) is 0 Å². The first kappa shape index (κ1) is 27.1. The average Bonchev–Trinajstić information content (AvgIpc) is 2.53. The molecule has 0 amide bonds. The summed E-state index contributed by atoms with van der Waals surface area (Å²) in [7, 11) is 3.07. The Morgan fingerprint density at radius 3 is 1.80 bits per heavy atom.